The molecule has 1 aliphatic rings. The normalized spacial score (nSPS) is 15.3. The minimum atomic E-state index is -0.260. The van der Waals surface area contributed by atoms with E-state index in [2.05, 4.69) is 67.0 Å². The molecular weight excluding hydrogens is 591 g/mol. The van der Waals surface area contributed by atoms with E-state index in [1.165, 1.54) is 6.07 Å². The third kappa shape index (κ3) is 6.79. The number of nitrogens with zero attached hydrogens (tertiary/aromatic N) is 2. The summed E-state index contributed by atoms with van der Waals surface area (Å²) in [5.41, 5.74) is 2.54. The van der Waals surface area contributed by atoms with E-state index in [1.807, 2.05) is 42.5 Å². The van der Waals surface area contributed by atoms with Gasteiger partial charge in [-0.25, -0.2) is 0 Å². The molecule has 0 bridgehead atoms. The van der Waals surface area contributed by atoms with Crippen LogP contribution < -0.4 is 15.6 Å². The number of nitrogens with one attached hydrogen (secondary N) is 2. The van der Waals surface area contributed by atoms with Crippen LogP contribution in [0.1, 0.15) is 36.6 Å². The molecule has 2 aromatic heterocycles. The Labute approximate surface area is 235 Å². The molecule has 2 aromatic carbocycles. The first-order valence-electron chi connectivity index (χ1n) is 13.0. The molecule has 196 valence electrons. The number of carbonyl (C=O) groups excluding carboxylic acids is 1. The van der Waals surface area contributed by atoms with Crippen LogP contribution in [0.15, 0.2) is 83.8 Å². The van der Waals surface area contributed by atoms with Crippen molar-refractivity contribution in [1.29, 1.82) is 0 Å². The highest BCUT2D eigenvalue weighted by Gasteiger charge is 2.27. The topological polar surface area (TPSA) is 87.3 Å². The van der Waals surface area contributed by atoms with Crippen molar-refractivity contribution in [3.8, 4) is 5.75 Å². The van der Waals surface area contributed by atoms with E-state index in [-0.39, 0.29) is 23.4 Å². The summed E-state index contributed by atoms with van der Waals surface area (Å²) in [5, 5.41) is 4.26. The van der Waals surface area contributed by atoms with Gasteiger partial charge in [0.25, 0.3) is 0 Å². The Morgan fingerprint density at radius 1 is 1.08 bits per heavy atom. The maximum absolute atomic E-state index is 13.3. The molecule has 3 heterocycles. The molecule has 1 saturated heterocycles. The summed E-state index contributed by atoms with van der Waals surface area (Å²) in [6.45, 7) is 3.32. The van der Waals surface area contributed by atoms with Gasteiger partial charge in [0.15, 0.2) is 0 Å². The van der Waals surface area contributed by atoms with Crippen LogP contribution in [-0.4, -0.2) is 47.0 Å². The van der Waals surface area contributed by atoms with Gasteiger partial charge in [0.1, 0.15) is 5.75 Å². The van der Waals surface area contributed by atoms with Crippen LogP contribution in [0.4, 0.5) is 0 Å². The fourth-order valence-corrected chi connectivity index (χ4v) is 5.27. The monoisotopic (exact) mass is 622 g/mol. The van der Waals surface area contributed by atoms with Crippen LogP contribution in [0.25, 0.3) is 10.9 Å². The van der Waals surface area contributed by atoms with Crippen LogP contribution in [0.3, 0.4) is 0 Å². The number of aromatic nitrogens is 2. The Balaban J connectivity index is 1.09. The lowest BCUT2D eigenvalue weighted by atomic mass is 9.94. The lowest BCUT2D eigenvalue weighted by Crippen LogP contribution is -2.42. The first-order chi connectivity index (χ1) is 18.5. The third-order valence-electron chi connectivity index (χ3n) is 7.02. The van der Waals surface area contributed by atoms with E-state index in [1.54, 1.807) is 6.20 Å². The highest BCUT2D eigenvalue weighted by molar-refractivity contribution is 14.1. The van der Waals surface area contributed by atoms with E-state index in [0.717, 1.165) is 70.4 Å². The summed E-state index contributed by atoms with van der Waals surface area (Å²) in [5.74, 6) is 0.846. The number of piperidine rings is 1. The largest absolute Gasteiger partial charge is 0.493 e. The van der Waals surface area contributed by atoms with Crippen molar-refractivity contribution in [2.75, 3.05) is 26.2 Å². The number of rotatable bonds is 9. The number of hydrogen-bond donors (Lipinski definition) is 2. The van der Waals surface area contributed by atoms with Gasteiger partial charge in [-0.2, -0.15) is 0 Å². The number of pyridine rings is 2. The highest BCUT2D eigenvalue weighted by Crippen LogP contribution is 2.24. The van der Waals surface area contributed by atoms with Gasteiger partial charge in [-0.05, 0) is 108 Å². The number of halogens is 1. The Bertz CT molecular complexity index is 1420. The summed E-state index contributed by atoms with van der Waals surface area (Å²) < 4.78 is 7.08. The van der Waals surface area contributed by atoms with Gasteiger partial charge >= 0.3 is 0 Å². The fraction of sp³-hybridized carbons (Fsp3) is 0.300. The molecule has 7 nitrogen and oxygen atoms in total. The van der Waals surface area contributed by atoms with Crippen LogP contribution >= 0.6 is 22.6 Å². The molecule has 0 spiro atoms. The van der Waals surface area contributed by atoms with Gasteiger partial charge in [-0.1, -0.05) is 18.2 Å². The van der Waals surface area contributed by atoms with Crippen molar-refractivity contribution < 1.29 is 9.53 Å². The van der Waals surface area contributed by atoms with Gasteiger partial charge in [-0.3, -0.25) is 14.6 Å². The van der Waals surface area contributed by atoms with Crippen LogP contribution in [0.2, 0.25) is 0 Å². The molecule has 2 N–H and O–H groups in total. The van der Waals surface area contributed by atoms with Gasteiger partial charge in [0.05, 0.1) is 23.9 Å². The smallest absolute Gasteiger partial charge is 0.248 e. The molecule has 38 heavy (non-hydrogen) atoms. The molecule has 0 saturated carbocycles. The predicted molar refractivity (Wildman–Crippen MR) is 157 cm³/mol. The van der Waals surface area contributed by atoms with Gasteiger partial charge in [0.2, 0.25) is 11.5 Å². The Morgan fingerprint density at radius 2 is 1.87 bits per heavy atom. The number of aromatic amines is 1. The SMILES string of the molecule is O=C(NC(c1ccc(I)cc1)c1ccccn1)C1CCN(CCCOc2ccc3ccc(=O)[nH]c3c2)CC1. The zero-order chi connectivity index (χ0) is 26.3. The molecule has 0 aliphatic carbocycles. The zero-order valence-electron chi connectivity index (χ0n) is 21.1. The summed E-state index contributed by atoms with van der Waals surface area (Å²) in [4.78, 5) is 34.6. The average Bonchev–Trinajstić information content (AvgIpc) is 2.95. The molecule has 1 atom stereocenters. The molecule has 1 fully saturated rings. The lowest BCUT2D eigenvalue weighted by Gasteiger charge is -2.32. The van der Waals surface area contributed by atoms with Crippen LogP contribution in [0.5, 0.6) is 5.75 Å². The van der Waals surface area contributed by atoms with Gasteiger partial charge in [0, 0.05) is 34.4 Å². The maximum Gasteiger partial charge on any atom is 0.248 e. The number of carbonyl (C=O) groups is 1. The van der Waals surface area contributed by atoms with Gasteiger partial charge < -0.3 is 19.9 Å². The number of ether oxygens (including phenoxy) is 1. The summed E-state index contributed by atoms with van der Waals surface area (Å²) in [7, 11) is 0. The predicted octanol–water partition coefficient (Wildman–Crippen LogP) is 4.91. The fourth-order valence-electron chi connectivity index (χ4n) is 4.91. The molecule has 1 aliphatic heterocycles. The molecule has 8 heteroatoms. The molecule has 1 unspecified atom stereocenters. The summed E-state index contributed by atoms with van der Waals surface area (Å²) in [6.07, 6.45) is 4.34. The Kier molecular flexibility index (Phi) is 8.70. The minimum Gasteiger partial charge on any atom is -0.493 e. The van der Waals surface area contributed by atoms with E-state index in [4.69, 9.17) is 4.74 Å². The quantitative estimate of drug-likeness (QED) is 0.205. The van der Waals surface area contributed by atoms with Crippen molar-refractivity contribution in [3.05, 3.63) is 104 Å². The number of amides is 1. The Hall–Kier alpha value is -3.24. The van der Waals surface area contributed by atoms with Crippen molar-refractivity contribution in [2.45, 2.75) is 25.3 Å². The molecule has 4 aromatic rings. The third-order valence-corrected chi connectivity index (χ3v) is 7.74. The zero-order valence-corrected chi connectivity index (χ0v) is 23.3. The highest BCUT2D eigenvalue weighted by atomic mass is 127. The number of fused-ring (bicyclic) bond motifs is 1. The van der Waals surface area contributed by atoms with E-state index in [9.17, 15) is 9.59 Å². The summed E-state index contributed by atoms with van der Waals surface area (Å²) >= 11 is 2.29. The van der Waals surface area contributed by atoms with E-state index < -0.39 is 0 Å². The molecule has 1 amide bonds. The number of hydrogen-bond acceptors (Lipinski definition) is 5. The van der Waals surface area contributed by atoms with Crippen molar-refractivity contribution in [2.24, 2.45) is 5.92 Å². The number of benzene rings is 2. The first kappa shape index (κ1) is 26.4. The second kappa shape index (κ2) is 12.5. The Morgan fingerprint density at radius 3 is 2.63 bits per heavy atom. The van der Waals surface area contributed by atoms with Crippen LogP contribution in [-0.2, 0) is 4.79 Å². The van der Waals surface area contributed by atoms with Crippen LogP contribution in [0, 0.1) is 9.49 Å². The van der Waals surface area contributed by atoms with E-state index in [0.29, 0.717) is 6.61 Å². The van der Waals surface area contributed by atoms with Crippen molar-refractivity contribution in [1.82, 2.24) is 20.2 Å². The second-order valence-corrected chi connectivity index (χ2v) is 10.9. The molecule has 0 radical (unpaired) electrons. The summed E-state index contributed by atoms with van der Waals surface area (Å²) in [6, 6.07) is 22.9. The van der Waals surface area contributed by atoms with Crippen molar-refractivity contribution in [3.63, 3.8) is 0 Å². The lowest BCUT2D eigenvalue weighted by molar-refractivity contribution is -0.127. The second-order valence-electron chi connectivity index (χ2n) is 9.64. The number of H-pyrrole nitrogens is 1. The standard InChI is InChI=1S/C30H31IN4O3/c31-24-9-5-22(6-10-24)29(26-4-1-2-15-32-26)34-30(37)23-13-17-35(18-14-23)16-3-19-38-25-11-7-21-8-12-28(36)33-27(21)20-25/h1-2,4-12,15,20,23,29H,3,13-14,16-19H2,(H,33,36)(H,34,37). The number of likely N-dealkylation sites (tertiary alicyclic amines) is 1. The maximum atomic E-state index is 13.3. The first-order valence-corrected chi connectivity index (χ1v) is 14.1. The molecule has 5 rings (SSSR count). The van der Waals surface area contributed by atoms with Gasteiger partial charge in [-0.15, -0.1) is 0 Å². The minimum absolute atomic E-state index is 0.00249. The van der Waals surface area contributed by atoms with Crippen molar-refractivity contribution >= 4 is 39.4 Å². The average molecular weight is 623 g/mol. The van der Waals surface area contributed by atoms with E-state index >= 15 is 0 Å². The molecular formula is C30H31IN4O3.